The van der Waals surface area contributed by atoms with Crippen LogP contribution in [0.5, 0.6) is 23.0 Å². The minimum absolute atomic E-state index is 0.667. The maximum Gasteiger partial charge on any atom is 0.292 e. The largest absolute Gasteiger partial charge is 0.493 e. The van der Waals surface area contributed by atoms with E-state index in [1.807, 2.05) is 60.7 Å². The van der Waals surface area contributed by atoms with Crippen molar-refractivity contribution in [3.63, 3.8) is 0 Å². The zero-order valence-corrected chi connectivity index (χ0v) is 12.9. The van der Waals surface area contributed by atoms with Gasteiger partial charge in [-0.2, -0.15) is 0 Å². The van der Waals surface area contributed by atoms with E-state index in [0.717, 1.165) is 11.1 Å². The number of para-hydroxylation sites is 2. The van der Waals surface area contributed by atoms with Crippen molar-refractivity contribution in [1.82, 2.24) is 0 Å². The molecule has 116 valence electrons. The lowest BCUT2D eigenvalue weighted by Gasteiger charge is -2.36. The lowest BCUT2D eigenvalue weighted by atomic mass is 10.0. The first-order valence-corrected chi connectivity index (χ1v) is 7.35. The Bertz CT molecular complexity index is 751. The molecule has 2 aliphatic rings. The fourth-order valence-corrected chi connectivity index (χ4v) is 2.81. The summed E-state index contributed by atoms with van der Waals surface area (Å²) >= 11 is 0. The van der Waals surface area contributed by atoms with Gasteiger partial charge in [-0.25, -0.2) is 0 Å². The zero-order chi connectivity index (χ0) is 15.9. The summed E-state index contributed by atoms with van der Waals surface area (Å²) < 4.78 is 23.1. The van der Waals surface area contributed by atoms with Gasteiger partial charge in [0, 0.05) is 23.3 Å². The van der Waals surface area contributed by atoms with Crippen molar-refractivity contribution in [3.8, 4) is 23.0 Å². The Hall–Kier alpha value is -2.88. The molecule has 0 amide bonds. The van der Waals surface area contributed by atoms with E-state index in [4.69, 9.17) is 18.9 Å². The first-order chi connectivity index (χ1) is 11.2. The zero-order valence-electron chi connectivity index (χ0n) is 12.9. The van der Waals surface area contributed by atoms with Crippen LogP contribution in [0.2, 0.25) is 0 Å². The number of rotatable bonds is 2. The smallest absolute Gasteiger partial charge is 0.292 e. The van der Waals surface area contributed by atoms with Crippen LogP contribution in [0, 0.1) is 0 Å². The predicted molar refractivity (Wildman–Crippen MR) is 88.0 cm³/mol. The van der Waals surface area contributed by atoms with Crippen molar-refractivity contribution >= 4 is 12.2 Å². The molecule has 0 unspecified atom stereocenters. The molecule has 0 fully saturated rings. The molecule has 2 heterocycles. The number of methoxy groups -OCH3 is 2. The monoisotopic (exact) mass is 308 g/mol. The fraction of sp³-hybridized carbons (Fsp3) is 0.158. The highest BCUT2D eigenvalue weighted by atomic mass is 16.7. The maximum absolute atomic E-state index is 6.16. The molecular formula is C19H16O4. The van der Waals surface area contributed by atoms with Crippen LogP contribution < -0.4 is 18.9 Å². The third-order valence-corrected chi connectivity index (χ3v) is 3.97. The molecule has 0 N–H and O–H groups in total. The summed E-state index contributed by atoms with van der Waals surface area (Å²) in [5.41, 5.74) is 1.91. The van der Waals surface area contributed by atoms with Gasteiger partial charge in [0.1, 0.15) is 0 Å². The summed E-state index contributed by atoms with van der Waals surface area (Å²) in [4.78, 5) is 0. The topological polar surface area (TPSA) is 36.9 Å². The molecule has 2 aliphatic heterocycles. The van der Waals surface area contributed by atoms with E-state index in [2.05, 4.69) is 0 Å². The second-order valence-corrected chi connectivity index (χ2v) is 5.35. The van der Waals surface area contributed by atoms with Gasteiger partial charge in [-0.1, -0.05) is 24.3 Å². The molecule has 0 aliphatic carbocycles. The standard InChI is InChI=1S/C19H16O4/c1-20-15-7-3-5-13-9-11-19(22-17(13)15)12-10-14-6-4-8-16(21-2)18(14)23-19/h3-12H,1-2H3. The van der Waals surface area contributed by atoms with Crippen molar-refractivity contribution in [2.45, 2.75) is 5.79 Å². The van der Waals surface area contributed by atoms with Gasteiger partial charge in [-0.3, -0.25) is 0 Å². The fourth-order valence-electron chi connectivity index (χ4n) is 2.81. The SMILES string of the molecule is COc1cccc2c1OC1(C=C2)C=Cc2cccc(OC)c2O1. The highest BCUT2D eigenvalue weighted by Crippen LogP contribution is 2.44. The summed E-state index contributed by atoms with van der Waals surface area (Å²) in [6.07, 6.45) is 7.74. The molecule has 2 aromatic carbocycles. The van der Waals surface area contributed by atoms with Crippen molar-refractivity contribution in [2.75, 3.05) is 14.2 Å². The molecule has 23 heavy (non-hydrogen) atoms. The van der Waals surface area contributed by atoms with Crippen LogP contribution in [-0.2, 0) is 0 Å². The molecule has 0 bridgehead atoms. The van der Waals surface area contributed by atoms with Crippen molar-refractivity contribution in [3.05, 3.63) is 59.7 Å². The van der Waals surface area contributed by atoms with Crippen LogP contribution in [0.15, 0.2) is 48.6 Å². The van der Waals surface area contributed by atoms with Gasteiger partial charge < -0.3 is 18.9 Å². The van der Waals surface area contributed by atoms with E-state index in [1.165, 1.54) is 0 Å². The summed E-state index contributed by atoms with van der Waals surface area (Å²) in [7, 11) is 3.25. The Morgan fingerprint density at radius 3 is 1.65 bits per heavy atom. The summed E-state index contributed by atoms with van der Waals surface area (Å²) in [6, 6.07) is 11.5. The highest BCUT2D eigenvalue weighted by molar-refractivity contribution is 5.70. The molecule has 4 heteroatoms. The third-order valence-electron chi connectivity index (χ3n) is 3.97. The van der Waals surface area contributed by atoms with Crippen LogP contribution in [0.4, 0.5) is 0 Å². The van der Waals surface area contributed by atoms with Crippen molar-refractivity contribution in [1.29, 1.82) is 0 Å². The van der Waals surface area contributed by atoms with E-state index >= 15 is 0 Å². The van der Waals surface area contributed by atoms with E-state index in [9.17, 15) is 0 Å². The molecular weight excluding hydrogens is 292 g/mol. The summed E-state index contributed by atoms with van der Waals surface area (Å²) in [5.74, 6) is 1.69. The van der Waals surface area contributed by atoms with Crippen LogP contribution >= 0.6 is 0 Å². The van der Waals surface area contributed by atoms with E-state index in [0.29, 0.717) is 23.0 Å². The van der Waals surface area contributed by atoms with Gasteiger partial charge in [-0.05, 0) is 24.3 Å². The normalized spacial score (nSPS) is 16.1. The van der Waals surface area contributed by atoms with E-state index < -0.39 is 5.79 Å². The Kier molecular flexibility index (Phi) is 3.05. The Morgan fingerprint density at radius 1 is 0.739 bits per heavy atom. The molecule has 4 nitrogen and oxygen atoms in total. The maximum atomic E-state index is 6.16. The Labute approximate surface area is 134 Å². The first kappa shape index (κ1) is 13.8. The quantitative estimate of drug-likeness (QED) is 0.843. The molecule has 0 atom stereocenters. The van der Waals surface area contributed by atoms with Crippen LogP contribution in [0.25, 0.3) is 12.2 Å². The molecule has 0 saturated heterocycles. The van der Waals surface area contributed by atoms with Gasteiger partial charge in [-0.15, -0.1) is 0 Å². The van der Waals surface area contributed by atoms with Crippen molar-refractivity contribution in [2.24, 2.45) is 0 Å². The molecule has 0 saturated carbocycles. The summed E-state index contributed by atoms with van der Waals surface area (Å²) in [5, 5.41) is 0. The van der Waals surface area contributed by atoms with Gasteiger partial charge in [0.2, 0.25) is 0 Å². The van der Waals surface area contributed by atoms with Gasteiger partial charge >= 0.3 is 0 Å². The molecule has 0 aromatic heterocycles. The van der Waals surface area contributed by atoms with Gasteiger partial charge in [0.15, 0.2) is 23.0 Å². The van der Waals surface area contributed by atoms with Crippen LogP contribution in [-0.4, -0.2) is 20.0 Å². The van der Waals surface area contributed by atoms with Crippen LogP contribution in [0.1, 0.15) is 11.1 Å². The molecule has 1 spiro atoms. The number of ether oxygens (including phenoxy) is 4. The molecule has 2 aromatic rings. The Balaban J connectivity index is 1.78. The molecule has 0 radical (unpaired) electrons. The highest BCUT2D eigenvalue weighted by Gasteiger charge is 2.37. The predicted octanol–water partition coefficient (Wildman–Crippen LogP) is 3.91. The average Bonchev–Trinajstić information content (AvgIpc) is 2.60. The minimum Gasteiger partial charge on any atom is -0.493 e. The Morgan fingerprint density at radius 2 is 1.22 bits per heavy atom. The lowest BCUT2D eigenvalue weighted by Crippen LogP contribution is -2.41. The van der Waals surface area contributed by atoms with Crippen molar-refractivity contribution < 1.29 is 18.9 Å². The average molecular weight is 308 g/mol. The van der Waals surface area contributed by atoms with E-state index in [-0.39, 0.29) is 0 Å². The second-order valence-electron chi connectivity index (χ2n) is 5.35. The lowest BCUT2D eigenvalue weighted by molar-refractivity contribution is -0.0338. The number of benzene rings is 2. The summed E-state index contributed by atoms with van der Waals surface area (Å²) in [6.45, 7) is 0. The third kappa shape index (κ3) is 2.14. The first-order valence-electron chi connectivity index (χ1n) is 7.35. The van der Waals surface area contributed by atoms with E-state index in [1.54, 1.807) is 14.2 Å². The number of hydrogen-bond acceptors (Lipinski definition) is 4. The van der Waals surface area contributed by atoms with Gasteiger partial charge in [0.25, 0.3) is 5.79 Å². The molecule has 4 rings (SSSR count). The number of fused-ring (bicyclic) bond motifs is 2. The minimum atomic E-state index is -0.997. The van der Waals surface area contributed by atoms with Gasteiger partial charge in [0.05, 0.1) is 14.2 Å². The van der Waals surface area contributed by atoms with Crippen LogP contribution in [0.3, 0.4) is 0 Å². The number of hydrogen-bond donors (Lipinski definition) is 0. The second kappa shape index (κ2) is 5.09.